The van der Waals surface area contributed by atoms with E-state index >= 15 is 0 Å². The number of guanidine groups is 1. The van der Waals surface area contributed by atoms with E-state index in [1.165, 1.54) is 4.68 Å². The van der Waals surface area contributed by atoms with Crippen LogP contribution in [0.1, 0.15) is 18.2 Å². The maximum atomic E-state index is 7.23. The van der Waals surface area contributed by atoms with Gasteiger partial charge in [-0.15, -0.1) is 5.10 Å². The van der Waals surface area contributed by atoms with Gasteiger partial charge in [0, 0.05) is 11.8 Å². The summed E-state index contributed by atoms with van der Waals surface area (Å²) in [5.74, 6) is -0.278. The third-order valence-electron chi connectivity index (χ3n) is 1.85. The second-order valence-corrected chi connectivity index (χ2v) is 3.17. The molecule has 0 radical (unpaired) electrons. The lowest BCUT2D eigenvalue weighted by atomic mass is 10.2. The number of nitrogens with two attached hydrogens (primary N) is 3. The number of aryl methyl sites for hydroxylation is 1. The second-order valence-electron chi connectivity index (χ2n) is 3.17. The number of nitrogens with one attached hydrogen (secondary N) is 1. The molecule has 7 N–H and O–H groups in total. The van der Waals surface area contributed by atoms with Gasteiger partial charge >= 0.3 is 0 Å². The largest absolute Gasteiger partial charge is 0.369 e. The molecule has 0 saturated carbocycles. The van der Waals surface area contributed by atoms with Crippen molar-refractivity contribution in [3.05, 3.63) is 17.5 Å². The molecule has 0 fully saturated rings. The Morgan fingerprint density at radius 2 is 2.00 bits per heavy atom. The van der Waals surface area contributed by atoms with E-state index in [-0.39, 0.29) is 11.9 Å². The van der Waals surface area contributed by atoms with Gasteiger partial charge in [0.1, 0.15) is 0 Å². The first-order valence-electron chi connectivity index (χ1n) is 4.46. The number of aromatic nitrogens is 2. The van der Waals surface area contributed by atoms with Crippen molar-refractivity contribution in [3.63, 3.8) is 0 Å². The summed E-state index contributed by atoms with van der Waals surface area (Å²) in [4.78, 5) is 0. The molecule has 0 aliphatic heterocycles. The van der Waals surface area contributed by atoms with Crippen LogP contribution in [0.2, 0.25) is 0 Å². The van der Waals surface area contributed by atoms with E-state index < -0.39 is 0 Å². The van der Waals surface area contributed by atoms with Gasteiger partial charge in [-0.2, -0.15) is 10.2 Å². The zero-order valence-electron chi connectivity index (χ0n) is 9.10. The van der Waals surface area contributed by atoms with Crippen molar-refractivity contribution in [2.75, 3.05) is 0 Å². The van der Waals surface area contributed by atoms with Crippen LogP contribution in [0.3, 0.4) is 0 Å². The minimum atomic E-state index is -0.163. The molecule has 0 spiro atoms. The lowest BCUT2D eigenvalue weighted by Gasteiger charge is -1.94. The molecule has 0 aliphatic rings. The molecule has 0 bridgehead atoms. The molecular weight excluding hydrogens is 208 g/mol. The first kappa shape index (κ1) is 11.7. The zero-order chi connectivity index (χ0) is 12.3. The van der Waals surface area contributed by atoms with E-state index in [0.29, 0.717) is 11.4 Å². The topological polar surface area (TPSA) is 144 Å². The van der Waals surface area contributed by atoms with Crippen molar-refractivity contribution in [2.24, 2.45) is 27.4 Å². The van der Waals surface area contributed by atoms with Crippen LogP contribution in [0.15, 0.2) is 16.4 Å². The predicted molar refractivity (Wildman–Crippen MR) is 62.3 cm³/mol. The first-order valence-corrected chi connectivity index (χ1v) is 4.46. The highest BCUT2D eigenvalue weighted by atomic mass is 15.3. The Hall–Kier alpha value is -2.38. The quantitative estimate of drug-likeness (QED) is 0.287. The number of rotatable bonds is 2. The van der Waals surface area contributed by atoms with Gasteiger partial charge in [-0.3, -0.25) is 5.41 Å². The molecule has 1 aromatic rings. The summed E-state index contributed by atoms with van der Waals surface area (Å²) in [5.41, 5.74) is 17.6. The Morgan fingerprint density at radius 1 is 1.38 bits per heavy atom. The van der Waals surface area contributed by atoms with Gasteiger partial charge in [0.25, 0.3) is 0 Å². The highest BCUT2D eigenvalue weighted by Crippen LogP contribution is 2.06. The Balaban J connectivity index is 3.09. The number of nitrogen functional groups attached to an aromatic ring is 1. The summed E-state index contributed by atoms with van der Waals surface area (Å²) in [6.07, 6.45) is 1.60. The van der Waals surface area contributed by atoms with Crippen LogP contribution < -0.4 is 17.2 Å². The summed E-state index contributed by atoms with van der Waals surface area (Å²) >= 11 is 0. The standard InChI is InChI=1S/C8H14N8/c1-4(13-14-7(9)10)6-3-16(8(11)12)15-5(6)2/h3H,1-2H3,(H3,11,12)(H4,9,10,14)/b13-4-. The zero-order valence-corrected chi connectivity index (χ0v) is 9.10. The van der Waals surface area contributed by atoms with Gasteiger partial charge in [0.05, 0.1) is 11.4 Å². The Labute approximate surface area is 92.3 Å². The summed E-state index contributed by atoms with van der Waals surface area (Å²) < 4.78 is 1.25. The lowest BCUT2D eigenvalue weighted by molar-refractivity contribution is 0.892. The summed E-state index contributed by atoms with van der Waals surface area (Å²) in [5, 5.41) is 18.6. The molecule has 0 unspecified atom stereocenters. The van der Waals surface area contributed by atoms with E-state index in [0.717, 1.165) is 5.56 Å². The number of hydrogen-bond acceptors (Lipinski definition) is 4. The van der Waals surface area contributed by atoms with Crippen molar-refractivity contribution < 1.29 is 0 Å². The van der Waals surface area contributed by atoms with Crippen LogP contribution in [0.4, 0.5) is 0 Å². The van der Waals surface area contributed by atoms with Crippen LogP contribution in [-0.4, -0.2) is 27.4 Å². The molecule has 8 nitrogen and oxygen atoms in total. The van der Waals surface area contributed by atoms with Gasteiger partial charge in [-0.25, -0.2) is 4.68 Å². The molecule has 8 heteroatoms. The fraction of sp³-hybridized carbons (Fsp3) is 0.250. The Kier molecular flexibility index (Phi) is 3.24. The summed E-state index contributed by atoms with van der Waals surface area (Å²) in [6, 6.07) is 0. The first-order chi connectivity index (χ1) is 7.41. The van der Waals surface area contributed by atoms with E-state index in [1.807, 2.05) is 0 Å². The third-order valence-corrected chi connectivity index (χ3v) is 1.85. The van der Waals surface area contributed by atoms with Crippen LogP contribution in [0.5, 0.6) is 0 Å². The fourth-order valence-corrected chi connectivity index (χ4v) is 1.13. The minimum Gasteiger partial charge on any atom is -0.369 e. The summed E-state index contributed by atoms with van der Waals surface area (Å²) in [6.45, 7) is 3.52. The highest BCUT2D eigenvalue weighted by molar-refractivity contribution is 6.00. The number of nitrogens with zero attached hydrogens (tertiary/aromatic N) is 4. The van der Waals surface area contributed by atoms with Crippen LogP contribution in [0.25, 0.3) is 0 Å². The molecular formula is C8H14N8. The highest BCUT2D eigenvalue weighted by Gasteiger charge is 2.08. The van der Waals surface area contributed by atoms with Gasteiger partial charge in [-0.1, -0.05) is 0 Å². The predicted octanol–water partition coefficient (Wildman–Crippen LogP) is -1.07. The van der Waals surface area contributed by atoms with Gasteiger partial charge in [0.2, 0.25) is 11.9 Å². The van der Waals surface area contributed by atoms with E-state index in [1.54, 1.807) is 20.0 Å². The molecule has 0 saturated heterocycles. The maximum Gasteiger partial charge on any atom is 0.213 e. The third kappa shape index (κ3) is 2.56. The average Bonchev–Trinajstić information content (AvgIpc) is 2.57. The molecule has 1 aromatic heterocycles. The van der Waals surface area contributed by atoms with E-state index in [4.69, 9.17) is 22.6 Å². The van der Waals surface area contributed by atoms with Crippen LogP contribution in [-0.2, 0) is 0 Å². The fourth-order valence-electron chi connectivity index (χ4n) is 1.13. The smallest absolute Gasteiger partial charge is 0.213 e. The maximum absolute atomic E-state index is 7.23. The van der Waals surface area contributed by atoms with Gasteiger partial charge < -0.3 is 17.2 Å². The SMILES string of the molecule is C/C(=N/N=C(N)N)c1cn(C(=N)N)nc1C. The average molecular weight is 222 g/mol. The second kappa shape index (κ2) is 4.43. The molecule has 0 amide bonds. The van der Waals surface area contributed by atoms with Crippen molar-refractivity contribution in [3.8, 4) is 0 Å². The van der Waals surface area contributed by atoms with Crippen molar-refractivity contribution in [1.29, 1.82) is 5.41 Å². The molecule has 1 heterocycles. The molecule has 0 atom stereocenters. The Bertz CT molecular complexity index is 462. The molecule has 0 aliphatic carbocycles. The van der Waals surface area contributed by atoms with Crippen molar-refractivity contribution in [2.45, 2.75) is 13.8 Å². The summed E-state index contributed by atoms with van der Waals surface area (Å²) in [7, 11) is 0. The van der Waals surface area contributed by atoms with Crippen LogP contribution in [0, 0.1) is 12.3 Å². The van der Waals surface area contributed by atoms with E-state index in [2.05, 4.69) is 15.3 Å². The van der Waals surface area contributed by atoms with Gasteiger partial charge in [0.15, 0.2) is 0 Å². The minimum absolute atomic E-state index is 0.115. The van der Waals surface area contributed by atoms with E-state index in [9.17, 15) is 0 Å². The normalized spacial score (nSPS) is 11.2. The molecule has 16 heavy (non-hydrogen) atoms. The monoisotopic (exact) mass is 222 g/mol. The molecule has 0 aromatic carbocycles. The van der Waals surface area contributed by atoms with Crippen LogP contribution >= 0.6 is 0 Å². The molecule has 1 rings (SSSR count). The van der Waals surface area contributed by atoms with Gasteiger partial charge in [-0.05, 0) is 13.8 Å². The lowest BCUT2D eigenvalue weighted by Crippen LogP contribution is -2.22. The Morgan fingerprint density at radius 3 is 2.44 bits per heavy atom. The van der Waals surface area contributed by atoms with Crippen molar-refractivity contribution >= 4 is 17.6 Å². The number of hydrogen-bond donors (Lipinski definition) is 4. The van der Waals surface area contributed by atoms with Crippen molar-refractivity contribution in [1.82, 2.24) is 9.78 Å². The molecule has 86 valence electrons.